The third-order valence-corrected chi connectivity index (χ3v) is 3.16. The molecule has 0 fully saturated rings. The first-order chi connectivity index (χ1) is 9.60. The average molecular weight is 293 g/mol. The van der Waals surface area contributed by atoms with E-state index in [0.29, 0.717) is 12.1 Å². The number of anilines is 1. The van der Waals surface area contributed by atoms with Gasteiger partial charge in [0.25, 0.3) is 5.91 Å². The van der Waals surface area contributed by atoms with Gasteiger partial charge in [-0.25, -0.2) is 4.39 Å². The Morgan fingerprint density at radius 2 is 1.90 bits per heavy atom. The summed E-state index contributed by atoms with van der Waals surface area (Å²) in [7, 11) is 1.81. The van der Waals surface area contributed by atoms with Gasteiger partial charge in [-0.1, -0.05) is 17.7 Å². The number of hydrogen-bond acceptors (Lipinski definition) is 2. The Labute approximate surface area is 121 Å². The summed E-state index contributed by atoms with van der Waals surface area (Å²) in [5.74, 6) is -0.655. The summed E-state index contributed by atoms with van der Waals surface area (Å²) in [6, 6.07) is 11.5. The summed E-state index contributed by atoms with van der Waals surface area (Å²) < 4.78 is 13.0. The molecule has 0 unspecified atom stereocenters. The van der Waals surface area contributed by atoms with E-state index in [1.807, 2.05) is 19.2 Å². The molecular formula is C15H14ClFN2O. The van der Waals surface area contributed by atoms with Crippen LogP contribution in [0.15, 0.2) is 42.5 Å². The van der Waals surface area contributed by atoms with Crippen LogP contribution in [0.1, 0.15) is 15.9 Å². The molecule has 20 heavy (non-hydrogen) atoms. The monoisotopic (exact) mass is 292 g/mol. The molecule has 2 rings (SSSR count). The third-order valence-electron chi connectivity index (χ3n) is 2.87. The van der Waals surface area contributed by atoms with Crippen molar-refractivity contribution in [2.24, 2.45) is 0 Å². The van der Waals surface area contributed by atoms with Gasteiger partial charge in [0.15, 0.2) is 0 Å². The third kappa shape index (κ3) is 3.48. The van der Waals surface area contributed by atoms with Crippen molar-refractivity contribution in [3.8, 4) is 0 Å². The van der Waals surface area contributed by atoms with E-state index >= 15 is 0 Å². The molecule has 2 aromatic carbocycles. The zero-order chi connectivity index (χ0) is 14.5. The highest BCUT2D eigenvalue weighted by Gasteiger charge is 2.06. The predicted octanol–water partition coefficient (Wildman–Crippen LogP) is 3.45. The Kier molecular flexibility index (Phi) is 4.58. The normalized spacial score (nSPS) is 10.2. The smallest absolute Gasteiger partial charge is 0.251 e. The highest BCUT2D eigenvalue weighted by Crippen LogP contribution is 2.16. The first kappa shape index (κ1) is 14.3. The topological polar surface area (TPSA) is 41.1 Å². The van der Waals surface area contributed by atoms with Gasteiger partial charge in [0.1, 0.15) is 5.82 Å². The minimum Gasteiger partial charge on any atom is -0.388 e. The fourth-order valence-electron chi connectivity index (χ4n) is 1.72. The lowest BCUT2D eigenvalue weighted by Gasteiger charge is -2.07. The number of halogens is 2. The summed E-state index contributed by atoms with van der Waals surface area (Å²) in [4.78, 5) is 11.9. The van der Waals surface area contributed by atoms with E-state index in [2.05, 4.69) is 10.6 Å². The summed E-state index contributed by atoms with van der Waals surface area (Å²) in [5.41, 5.74) is 2.25. The molecule has 0 radical (unpaired) electrons. The van der Waals surface area contributed by atoms with E-state index in [1.54, 1.807) is 18.2 Å². The molecule has 0 saturated heterocycles. The number of nitrogens with one attached hydrogen (secondary N) is 2. The van der Waals surface area contributed by atoms with Crippen molar-refractivity contribution in [2.45, 2.75) is 6.54 Å². The molecule has 5 heteroatoms. The van der Waals surface area contributed by atoms with Gasteiger partial charge in [0, 0.05) is 24.8 Å². The molecule has 0 spiro atoms. The van der Waals surface area contributed by atoms with Crippen LogP contribution in [0.2, 0.25) is 5.02 Å². The lowest BCUT2D eigenvalue weighted by atomic mass is 10.1. The number of rotatable bonds is 4. The minimum atomic E-state index is -0.468. The Bertz CT molecular complexity index is 614. The van der Waals surface area contributed by atoms with Crippen LogP contribution < -0.4 is 10.6 Å². The molecule has 2 aromatic rings. The molecule has 0 aliphatic carbocycles. The maximum absolute atomic E-state index is 13.0. The molecular weight excluding hydrogens is 279 g/mol. The largest absolute Gasteiger partial charge is 0.388 e. The van der Waals surface area contributed by atoms with Crippen LogP contribution in [-0.2, 0) is 6.54 Å². The van der Waals surface area contributed by atoms with Crippen molar-refractivity contribution >= 4 is 23.2 Å². The van der Waals surface area contributed by atoms with Crippen molar-refractivity contribution in [3.05, 3.63) is 64.4 Å². The van der Waals surface area contributed by atoms with Crippen molar-refractivity contribution in [2.75, 3.05) is 12.4 Å². The average Bonchev–Trinajstić information content (AvgIpc) is 2.48. The quantitative estimate of drug-likeness (QED) is 0.906. The first-order valence-electron chi connectivity index (χ1n) is 6.10. The van der Waals surface area contributed by atoms with E-state index in [9.17, 15) is 9.18 Å². The Hall–Kier alpha value is -2.07. The SMILES string of the molecule is CNc1ccc(C(=O)NCc2ccc(F)c(Cl)c2)cc1. The highest BCUT2D eigenvalue weighted by atomic mass is 35.5. The zero-order valence-corrected chi connectivity index (χ0v) is 11.7. The number of carbonyl (C=O) groups excluding carboxylic acids is 1. The lowest BCUT2D eigenvalue weighted by molar-refractivity contribution is 0.0951. The van der Waals surface area contributed by atoms with Crippen molar-refractivity contribution in [1.29, 1.82) is 0 Å². The maximum Gasteiger partial charge on any atom is 0.251 e. The molecule has 0 atom stereocenters. The molecule has 0 saturated carbocycles. The van der Waals surface area contributed by atoms with Crippen molar-refractivity contribution in [1.82, 2.24) is 5.32 Å². The highest BCUT2D eigenvalue weighted by molar-refractivity contribution is 6.30. The number of hydrogen-bond donors (Lipinski definition) is 2. The van der Waals surface area contributed by atoms with E-state index in [-0.39, 0.29) is 10.9 Å². The summed E-state index contributed by atoms with van der Waals surface area (Å²) in [6.07, 6.45) is 0. The van der Waals surface area contributed by atoms with Gasteiger partial charge in [-0.2, -0.15) is 0 Å². The summed E-state index contributed by atoms with van der Waals surface area (Å²) >= 11 is 5.68. The van der Waals surface area contributed by atoms with Gasteiger partial charge in [-0.05, 0) is 42.0 Å². The molecule has 0 aliphatic heterocycles. The fourth-order valence-corrected chi connectivity index (χ4v) is 1.93. The van der Waals surface area contributed by atoms with Crippen LogP contribution in [0.25, 0.3) is 0 Å². The van der Waals surface area contributed by atoms with Crippen molar-refractivity contribution < 1.29 is 9.18 Å². The standard InChI is InChI=1S/C15H14ClFN2O/c1-18-12-5-3-11(4-6-12)15(20)19-9-10-2-7-14(17)13(16)8-10/h2-8,18H,9H2,1H3,(H,19,20). The summed E-state index contributed by atoms with van der Waals surface area (Å²) in [5, 5.41) is 5.79. The van der Waals surface area contributed by atoms with Gasteiger partial charge in [0.05, 0.1) is 5.02 Å². The van der Waals surface area contributed by atoms with Crippen LogP contribution >= 0.6 is 11.6 Å². The van der Waals surface area contributed by atoms with Gasteiger partial charge in [0.2, 0.25) is 0 Å². The van der Waals surface area contributed by atoms with E-state index in [4.69, 9.17) is 11.6 Å². The van der Waals surface area contributed by atoms with E-state index in [1.165, 1.54) is 12.1 Å². The molecule has 3 nitrogen and oxygen atoms in total. The maximum atomic E-state index is 13.0. The molecule has 1 amide bonds. The van der Waals surface area contributed by atoms with Gasteiger partial charge in [-0.3, -0.25) is 4.79 Å². The fraction of sp³-hybridized carbons (Fsp3) is 0.133. The second-order valence-electron chi connectivity index (χ2n) is 4.26. The molecule has 0 heterocycles. The van der Waals surface area contributed by atoms with Gasteiger partial charge in [-0.15, -0.1) is 0 Å². The lowest BCUT2D eigenvalue weighted by Crippen LogP contribution is -2.22. The number of benzene rings is 2. The molecule has 2 N–H and O–H groups in total. The van der Waals surface area contributed by atoms with Crippen LogP contribution in [0, 0.1) is 5.82 Å². The van der Waals surface area contributed by atoms with E-state index in [0.717, 1.165) is 11.3 Å². The van der Waals surface area contributed by atoms with Crippen molar-refractivity contribution in [3.63, 3.8) is 0 Å². The zero-order valence-electron chi connectivity index (χ0n) is 10.9. The predicted molar refractivity (Wildman–Crippen MR) is 78.6 cm³/mol. The Balaban J connectivity index is 1.98. The number of carbonyl (C=O) groups is 1. The van der Waals surface area contributed by atoms with Crippen LogP contribution in [0.4, 0.5) is 10.1 Å². The Morgan fingerprint density at radius 3 is 2.50 bits per heavy atom. The molecule has 0 aromatic heterocycles. The van der Waals surface area contributed by atoms with Gasteiger partial charge < -0.3 is 10.6 Å². The van der Waals surface area contributed by atoms with E-state index < -0.39 is 5.82 Å². The molecule has 104 valence electrons. The molecule has 0 aliphatic rings. The number of amides is 1. The minimum absolute atomic E-state index is 0.0510. The van der Waals surface area contributed by atoms with Crippen LogP contribution in [0.3, 0.4) is 0 Å². The second kappa shape index (κ2) is 6.39. The van der Waals surface area contributed by atoms with Crippen LogP contribution in [-0.4, -0.2) is 13.0 Å². The van der Waals surface area contributed by atoms with Gasteiger partial charge >= 0.3 is 0 Å². The van der Waals surface area contributed by atoms with Crippen LogP contribution in [0.5, 0.6) is 0 Å². The molecule has 0 bridgehead atoms. The first-order valence-corrected chi connectivity index (χ1v) is 6.48. The Morgan fingerprint density at radius 1 is 1.20 bits per heavy atom. The summed E-state index contributed by atoms with van der Waals surface area (Å²) in [6.45, 7) is 0.298. The second-order valence-corrected chi connectivity index (χ2v) is 4.67.